The number of hydrogen-bond donors (Lipinski definition) is 3. The molecule has 2 rings (SSSR count). The highest BCUT2D eigenvalue weighted by atomic mass is 16.5. The number of morpholine rings is 1. The number of hydrazine groups is 1. The van der Waals surface area contributed by atoms with Gasteiger partial charge in [-0.1, -0.05) is 0 Å². The maximum atomic E-state index is 11.9. The van der Waals surface area contributed by atoms with Gasteiger partial charge in [0.15, 0.2) is 0 Å². The van der Waals surface area contributed by atoms with E-state index in [0.29, 0.717) is 19.1 Å². The van der Waals surface area contributed by atoms with Gasteiger partial charge in [-0.25, -0.2) is 5.84 Å². The van der Waals surface area contributed by atoms with E-state index < -0.39 is 6.04 Å². The van der Waals surface area contributed by atoms with Crippen molar-refractivity contribution in [2.45, 2.75) is 6.04 Å². The van der Waals surface area contributed by atoms with Crippen molar-refractivity contribution in [3.05, 3.63) is 0 Å². The van der Waals surface area contributed by atoms with Crippen LogP contribution in [0.15, 0.2) is 0 Å². The van der Waals surface area contributed by atoms with Crippen LogP contribution in [0.1, 0.15) is 0 Å². The molecule has 10 nitrogen and oxygen atoms in total. The van der Waals surface area contributed by atoms with Crippen LogP contribution in [0.25, 0.3) is 0 Å². The molecular formula is C10H17N7O3. The van der Waals surface area contributed by atoms with Crippen molar-refractivity contribution in [1.29, 1.82) is 0 Å². The quantitative estimate of drug-likeness (QED) is 0.429. The number of ether oxygens (including phenoxy) is 2. The molecule has 1 aliphatic rings. The summed E-state index contributed by atoms with van der Waals surface area (Å²) < 4.78 is 10.3. The summed E-state index contributed by atoms with van der Waals surface area (Å²) in [4.78, 5) is 25.8. The van der Waals surface area contributed by atoms with E-state index in [1.54, 1.807) is 11.9 Å². The van der Waals surface area contributed by atoms with Crippen molar-refractivity contribution in [3.8, 4) is 6.01 Å². The molecule has 110 valence electrons. The number of methoxy groups -OCH3 is 1. The zero-order chi connectivity index (χ0) is 14.5. The van der Waals surface area contributed by atoms with Gasteiger partial charge in [0, 0.05) is 13.6 Å². The Balaban J connectivity index is 2.33. The van der Waals surface area contributed by atoms with Crippen molar-refractivity contribution in [3.63, 3.8) is 0 Å². The Bertz CT molecular complexity index is 462. The van der Waals surface area contributed by atoms with Crippen molar-refractivity contribution < 1.29 is 14.3 Å². The number of anilines is 2. The lowest BCUT2D eigenvalue weighted by Gasteiger charge is -2.34. The fourth-order valence-electron chi connectivity index (χ4n) is 1.86. The van der Waals surface area contributed by atoms with E-state index >= 15 is 0 Å². The number of carbonyl (C=O) groups is 1. The molecule has 1 saturated heterocycles. The van der Waals surface area contributed by atoms with Crippen molar-refractivity contribution in [1.82, 2.24) is 20.3 Å². The lowest BCUT2D eigenvalue weighted by molar-refractivity contribution is -0.124. The molecule has 4 N–H and O–H groups in total. The third-order valence-electron chi connectivity index (χ3n) is 2.85. The SMILES string of the molecule is CNC(=O)C1COCCN1c1nc(NN)nc(OC)n1. The van der Waals surface area contributed by atoms with Gasteiger partial charge in [-0.15, -0.1) is 0 Å². The average Bonchev–Trinajstić information content (AvgIpc) is 2.53. The third-order valence-corrected chi connectivity index (χ3v) is 2.85. The molecular weight excluding hydrogens is 266 g/mol. The molecule has 1 atom stereocenters. The fraction of sp³-hybridized carbons (Fsp3) is 0.600. The zero-order valence-electron chi connectivity index (χ0n) is 11.3. The van der Waals surface area contributed by atoms with Gasteiger partial charge in [0.25, 0.3) is 0 Å². The van der Waals surface area contributed by atoms with Crippen molar-refractivity contribution in [2.75, 3.05) is 44.2 Å². The van der Waals surface area contributed by atoms with Crippen molar-refractivity contribution in [2.24, 2.45) is 5.84 Å². The van der Waals surface area contributed by atoms with Gasteiger partial charge < -0.3 is 19.7 Å². The first-order valence-electron chi connectivity index (χ1n) is 6.02. The van der Waals surface area contributed by atoms with E-state index in [4.69, 9.17) is 15.3 Å². The molecule has 0 aliphatic carbocycles. The van der Waals surface area contributed by atoms with Gasteiger partial charge in [0.1, 0.15) is 6.04 Å². The molecule has 0 bridgehead atoms. The lowest BCUT2D eigenvalue weighted by atomic mass is 10.2. The Labute approximate surface area is 115 Å². The number of nitrogen functional groups attached to an aromatic ring is 1. The summed E-state index contributed by atoms with van der Waals surface area (Å²) in [5.41, 5.74) is 2.34. The van der Waals surface area contributed by atoms with Crippen LogP contribution in [-0.4, -0.2) is 60.8 Å². The normalized spacial score (nSPS) is 18.6. The summed E-state index contributed by atoms with van der Waals surface area (Å²) in [6.45, 7) is 1.22. The summed E-state index contributed by atoms with van der Waals surface area (Å²) in [6, 6.07) is -0.392. The number of nitrogens with zero attached hydrogens (tertiary/aromatic N) is 4. The fourth-order valence-corrected chi connectivity index (χ4v) is 1.86. The van der Waals surface area contributed by atoms with Crippen LogP contribution in [0.2, 0.25) is 0 Å². The Morgan fingerprint density at radius 2 is 2.30 bits per heavy atom. The van der Waals surface area contributed by atoms with Crippen LogP contribution >= 0.6 is 0 Å². The number of hydrogen-bond acceptors (Lipinski definition) is 9. The molecule has 0 aromatic carbocycles. The maximum absolute atomic E-state index is 11.9. The second-order valence-electron chi connectivity index (χ2n) is 3.99. The molecule has 0 radical (unpaired) electrons. The molecule has 0 saturated carbocycles. The first-order valence-corrected chi connectivity index (χ1v) is 6.02. The molecule has 1 unspecified atom stereocenters. The summed E-state index contributed by atoms with van der Waals surface area (Å²) in [5, 5.41) is 2.59. The molecule has 1 aromatic heterocycles. The summed E-state index contributed by atoms with van der Waals surface area (Å²) in [5.74, 6) is 5.61. The zero-order valence-corrected chi connectivity index (χ0v) is 11.3. The molecule has 2 heterocycles. The highest BCUT2D eigenvalue weighted by molar-refractivity contribution is 5.84. The van der Waals surface area contributed by atoms with Gasteiger partial charge in [-0.05, 0) is 0 Å². The number of nitrogens with two attached hydrogens (primary N) is 1. The van der Waals surface area contributed by atoms with Gasteiger partial charge >= 0.3 is 6.01 Å². The summed E-state index contributed by atoms with van der Waals surface area (Å²) >= 11 is 0. The minimum absolute atomic E-state index is 0.116. The highest BCUT2D eigenvalue weighted by Crippen LogP contribution is 2.19. The lowest BCUT2D eigenvalue weighted by Crippen LogP contribution is -2.54. The third kappa shape index (κ3) is 2.86. The van der Waals surface area contributed by atoms with Gasteiger partial charge in [0.2, 0.25) is 17.8 Å². The predicted molar refractivity (Wildman–Crippen MR) is 70.2 cm³/mol. The first-order chi connectivity index (χ1) is 9.69. The predicted octanol–water partition coefficient (Wildman–Crippen LogP) is -1.88. The van der Waals surface area contributed by atoms with Crippen LogP contribution in [0.5, 0.6) is 6.01 Å². The maximum Gasteiger partial charge on any atom is 0.322 e. The summed E-state index contributed by atoms with van der Waals surface area (Å²) in [7, 11) is 3.00. The molecule has 1 amide bonds. The Morgan fingerprint density at radius 1 is 1.50 bits per heavy atom. The van der Waals surface area contributed by atoms with Crippen molar-refractivity contribution >= 4 is 17.8 Å². The number of rotatable bonds is 4. The second-order valence-corrected chi connectivity index (χ2v) is 3.99. The Hall–Kier alpha value is -2.20. The smallest absolute Gasteiger partial charge is 0.322 e. The number of likely N-dealkylation sites (N-methyl/N-ethyl adjacent to an activating group) is 1. The molecule has 0 spiro atoms. The van der Waals surface area contributed by atoms with Crippen LogP contribution in [0, 0.1) is 0 Å². The van der Waals surface area contributed by atoms with Crippen LogP contribution in [-0.2, 0) is 9.53 Å². The number of carbonyl (C=O) groups excluding carboxylic acids is 1. The minimum atomic E-state index is -0.508. The van der Waals surface area contributed by atoms with E-state index in [1.165, 1.54) is 7.11 Å². The van der Waals surface area contributed by atoms with E-state index in [-0.39, 0.29) is 24.5 Å². The molecule has 1 aromatic rings. The largest absolute Gasteiger partial charge is 0.467 e. The molecule has 10 heteroatoms. The average molecular weight is 283 g/mol. The van der Waals surface area contributed by atoms with Gasteiger partial charge in [-0.2, -0.15) is 15.0 Å². The Kier molecular flexibility index (Phi) is 4.48. The van der Waals surface area contributed by atoms with Crippen LogP contribution in [0.4, 0.5) is 11.9 Å². The highest BCUT2D eigenvalue weighted by Gasteiger charge is 2.31. The van der Waals surface area contributed by atoms with E-state index in [2.05, 4.69) is 25.7 Å². The van der Waals surface area contributed by atoms with E-state index in [1.807, 2.05) is 0 Å². The van der Waals surface area contributed by atoms with Crippen LogP contribution in [0.3, 0.4) is 0 Å². The van der Waals surface area contributed by atoms with E-state index in [0.717, 1.165) is 0 Å². The number of amides is 1. The number of nitrogens with one attached hydrogen (secondary N) is 2. The number of aromatic nitrogens is 3. The topological polar surface area (TPSA) is 128 Å². The molecule has 20 heavy (non-hydrogen) atoms. The molecule has 1 fully saturated rings. The second kappa shape index (κ2) is 6.30. The molecule has 1 aliphatic heterocycles. The first kappa shape index (κ1) is 14.2. The summed E-state index contributed by atoms with van der Waals surface area (Å²) in [6.07, 6.45) is 0. The van der Waals surface area contributed by atoms with E-state index in [9.17, 15) is 4.79 Å². The monoisotopic (exact) mass is 283 g/mol. The minimum Gasteiger partial charge on any atom is -0.467 e. The van der Waals surface area contributed by atoms with Gasteiger partial charge in [-0.3, -0.25) is 10.2 Å². The Morgan fingerprint density at radius 3 is 2.95 bits per heavy atom. The standard InChI is InChI=1S/C10H17N7O3/c1-12-7(18)6-5-20-4-3-17(6)9-13-8(16-11)14-10(15-9)19-2/h6H,3-5,11H2,1-2H3,(H,12,18)(H,13,14,15,16). The van der Waals surface area contributed by atoms with Gasteiger partial charge in [0.05, 0.1) is 20.3 Å². The van der Waals surface area contributed by atoms with Crippen LogP contribution < -0.4 is 26.2 Å².